The highest BCUT2D eigenvalue weighted by Crippen LogP contribution is 2.41. The summed E-state index contributed by atoms with van der Waals surface area (Å²) in [4.78, 5) is 3.33. The lowest BCUT2D eigenvalue weighted by Gasteiger charge is -1.99. The van der Waals surface area contributed by atoms with E-state index in [1.807, 2.05) is 0 Å². The van der Waals surface area contributed by atoms with Crippen LogP contribution in [0.5, 0.6) is 0 Å². The highest BCUT2D eigenvalue weighted by atomic mass is 14.7. The molecule has 1 heterocycles. The van der Waals surface area contributed by atoms with Crippen molar-refractivity contribution in [2.75, 3.05) is 6.54 Å². The Morgan fingerprint density at radius 3 is 2.94 bits per heavy atom. The van der Waals surface area contributed by atoms with Gasteiger partial charge in [0.15, 0.2) is 0 Å². The number of hydrogen-bond donors (Lipinski definition) is 2. The zero-order valence-corrected chi connectivity index (χ0v) is 9.45. The van der Waals surface area contributed by atoms with Crippen molar-refractivity contribution in [3.63, 3.8) is 0 Å². The molecule has 0 saturated heterocycles. The summed E-state index contributed by atoms with van der Waals surface area (Å²) in [7, 11) is 0. The molecule has 3 rings (SSSR count). The van der Waals surface area contributed by atoms with Gasteiger partial charge >= 0.3 is 0 Å². The molecule has 1 fully saturated rings. The van der Waals surface area contributed by atoms with Crippen molar-refractivity contribution in [3.8, 4) is 0 Å². The first kappa shape index (κ1) is 9.91. The van der Waals surface area contributed by atoms with Crippen LogP contribution in [0, 0.1) is 11.8 Å². The molecular weight excluding hydrogens is 196 g/mol. The highest BCUT2D eigenvalue weighted by Gasteiger charge is 2.34. The van der Waals surface area contributed by atoms with E-state index in [9.17, 15) is 0 Å². The first-order valence-electron chi connectivity index (χ1n) is 6.13. The molecule has 16 heavy (non-hydrogen) atoms. The topological polar surface area (TPSA) is 41.8 Å². The second kappa shape index (κ2) is 3.95. The average Bonchev–Trinajstić information content (AvgIpc) is 2.98. The SMILES string of the molecule is NC[C@@H]1C[C@H]1CCc1c[nH]c2ccccc12. The van der Waals surface area contributed by atoms with E-state index < -0.39 is 0 Å². The van der Waals surface area contributed by atoms with Gasteiger partial charge in [0, 0.05) is 17.1 Å². The van der Waals surface area contributed by atoms with Crippen LogP contribution in [0.1, 0.15) is 18.4 Å². The number of aromatic nitrogens is 1. The molecule has 0 spiro atoms. The van der Waals surface area contributed by atoms with Crippen LogP contribution < -0.4 is 5.73 Å². The molecule has 84 valence electrons. The normalized spacial score (nSPS) is 23.8. The van der Waals surface area contributed by atoms with Crippen LogP contribution in [0.3, 0.4) is 0 Å². The number of fused-ring (bicyclic) bond motifs is 1. The second-order valence-electron chi connectivity index (χ2n) is 4.89. The standard InChI is InChI=1S/C14H18N2/c15-8-12-7-10(12)5-6-11-9-16-14-4-2-1-3-13(11)14/h1-4,9-10,12,16H,5-8,15H2/t10-,12+/m1/s1. The van der Waals surface area contributed by atoms with Crippen molar-refractivity contribution >= 4 is 10.9 Å². The number of aromatic amines is 1. The van der Waals surface area contributed by atoms with Crippen molar-refractivity contribution in [1.82, 2.24) is 4.98 Å². The number of rotatable bonds is 4. The number of aryl methyl sites for hydroxylation is 1. The first-order chi connectivity index (χ1) is 7.88. The summed E-state index contributed by atoms with van der Waals surface area (Å²) in [5.74, 6) is 1.70. The van der Waals surface area contributed by atoms with E-state index >= 15 is 0 Å². The Bertz CT molecular complexity index is 486. The maximum atomic E-state index is 5.66. The zero-order chi connectivity index (χ0) is 11.0. The summed E-state index contributed by atoms with van der Waals surface area (Å²) in [6.07, 6.45) is 5.98. The minimum atomic E-state index is 0.810. The van der Waals surface area contributed by atoms with E-state index in [1.165, 1.54) is 35.7 Å². The molecule has 1 aliphatic carbocycles. The molecular formula is C14H18N2. The monoisotopic (exact) mass is 214 g/mol. The Kier molecular flexibility index (Phi) is 2.44. The summed E-state index contributed by atoms with van der Waals surface area (Å²) in [5, 5.41) is 1.38. The third-order valence-electron chi connectivity index (χ3n) is 3.83. The molecule has 0 radical (unpaired) electrons. The van der Waals surface area contributed by atoms with E-state index in [4.69, 9.17) is 5.73 Å². The van der Waals surface area contributed by atoms with E-state index in [0.717, 1.165) is 18.4 Å². The van der Waals surface area contributed by atoms with Gasteiger partial charge in [0.2, 0.25) is 0 Å². The first-order valence-corrected chi connectivity index (χ1v) is 6.13. The highest BCUT2D eigenvalue weighted by molar-refractivity contribution is 5.82. The van der Waals surface area contributed by atoms with E-state index in [2.05, 4.69) is 35.4 Å². The molecule has 0 bridgehead atoms. The summed E-state index contributed by atoms with van der Waals surface area (Å²) in [5.41, 5.74) is 8.37. The predicted octanol–water partition coefficient (Wildman–Crippen LogP) is 2.70. The van der Waals surface area contributed by atoms with E-state index in [1.54, 1.807) is 0 Å². The lowest BCUT2D eigenvalue weighted by molar-refractivity contribution is 0.651. The van der Waals surface area contributed by atoms with Crippen molar-refractivity contribution in [2.24, 2.45) is 17.6 Å². The largest absolute Gasteiger partial charge is 0.361 e. The molecule has 1 aliphatic rings. The molecule has 2 atom stereocenters. The average molecular weight is 214 g/mol. The smallest absolute Gasteiger partial charge is 0.0456 e. The van der Waals surface area contributed by atoms with Gasteiger partial charge < -0.3 is 10.7 Å². The fourth-order valence-electron chi connectivity index (χ4n) is 2.63. The molecule has 2 aromatic rings. The Morgan fingerprint density at radius 2 is 2.12 bits per heavy atom. The van der Waals surface area contributed by atoms with Crippen LogP contribution in [0.25, 0.3) is 10.9 Å². The molecule has 2 nitrogen and oxygen atoms in total. The van der Waals surface area contributed by atoms with Gasteiger partial charge in [-0.2, -0.15) is 0 Å². The second-order valence-corrected chi connectivity index (χ2v) is 4.89. The Hall–Kier alpha value is -1.28. The summed E-state index contributed by atoms with van der Waals surface area (Å²) >= 11 is 0. The number of H-pyrrole nitrogens is 1. The molecule has 1 aromatic heterocycles. The number of benzene rings is 1. The maximum absolute atomic E-state index is 5.66. The fraction of sp³-hybridized carbons (Fsp3) is 0.429. The predicted molar refractivity (Wildman–Crippen MR) is 67.3 cm³/mol. The van der Waals surface area contributed by atoms with Crippen molar-refractivity contribution < 1.29 is 0 Å². The molecule has 2 heteroatoms. The van der Waals surface area contributed by atoms with E-state index in [-0.39, 0.29) is 0 Å². The summed E-state index contributed by atoms with van der Waals surface area (Å²) in [6, 6.07) is 8.53. The number of hydrogen-bond acceptors (Lipinski definition) is 1. The molecule has 1 saturated carbocycles. The van der Waals surface area contributed by atoms with Gasteiger partial charge in [-0.05, 0) is 49.3 Å². The van der Waals surface area contributed by atoms with Crippen LogP contribution in [0.4, 0.5) is 0 Å². The zero-order valence-electron chi connectivity index (χ0n) is 9.45. The van der Waals surface area contributed by atoms with Crippen LogP contribution >= 0.6 is 0 Å². The molecule has 3 N–H and O–H groups in total. The van der Waals surface area contributed by atoms with Gasteiger partial charge in [-0.15, -0.1) is 0 Å². The molecule has 0 aliphatic heterocycles. The Balaban J connectivity index is 1.70. The number of nitrogens with two attached hydrogens (primary N) is 1. The van der Waals surface area contributed by atoms with Crippen molar-refractivity contribution in [3.05, 3.63) is 36.0 Å². The van der Waals surface area contributed by atoms with Crippen LogP contribution in [0.2, 0.25) is 0 Å². The van der Waals surface area contributed by atoms with Crippen LogP contribution in [-0.2, 0) is 6.42 Å². The van der Waals surface area contributed by atoms with Gasteiger partial charge in [-0.3, -0.25) is 0 Å². The summed E-state index contributed by atoms with van der Waals surface area (Å²) < 4.78 is 0. The third-order valence-corrected chi connectivity index (χ3v) is 3.83. The molecule has 0 amide bonds. The third kappa shape index (κ3) is 1.74. The summed E-state index contributed by atoms with van der Waals surface area (Å²) in [6.45, 7) is 0.874. The van der Waals surface area contributed by atoms with Gasteiger partial charge in [-0.25, -0.2) is 0 Å². The Morgan fingerprint density at radius 1 is 1.25 bits per heavy atom. The molecule has 0 unspecified atom stereocenters. The van der Waals surface area contributed by atoms with Crippen molar-refractivity contribution in [2.45, 2.75) is 19.3 Å². The van der Waals surface area contributed by atoms with Crippen molar-refractivity contribution in [1.29, 1.82) is 0 Å². The minimum Gasteiger partial charge on any atom is -0.361 e. The maximum Gasteiger partial charge on any atom is 0.0456 e. The van der Waals surface area contributed by atoms with Gasteiger partial charge in [-0.1, -0.05) is 18.2 Å². The van der Waals surface area contributed by atoms with E-state index in [0.29, 0.717) is 0 Å². The van der Waals surface area contributed by atoms with Crippen LogP contribution in [0.15, 0.2) is 30.5 Å². The number of para-hydroxylation sites is 1. The minimum absolute atomic E-state index is 0.810. The lowest BCUT2D eigenvalue weighted by Crippen LogP contribution is -2.02. The lowest BCUT2D eigenvalue weighted by atomic mass is 10.1. The van der Waals surface area contributed by atoms with Gasteiger partial charge in [0.05, 0.1) is 0 Å². The molecule has 1 aromatic carbocycles. The number of nitrogens with one attached hydrogen (secondary N) is 1. The van der Waals surface area contributed by atoms with Gasteiger partial charge in [0.25, 0.3) is 0 Å². The van der Waals surface area contributed by atoms with Gasteiger partial charge in [0.1, 0.15) is 0 Å². The Labute approximate surface area is 95.8 Å². The quantitative estimate of drug-likeness (QED) is 0.807. The van der Waals surface area contributed by atoms with Crippen LogP contribution in [-0.4, -0.2) is 11.5 Å². The fourth-order valence-corrected chi connectivity index (χ4v) is 2.63.